The van der Waals surface area contributed by atoms with Crippen LogP contribution in [-0.2, 0) is 24.4 Å². The maximum atomic E-state index is 11.5. The van der Waals surface area contributed by atoms with Crippen molar-refractivity contribution in [3.8, 4) is 0 Å². The number of hydrogen-bond donors (Lipinski definition) is 1. The molecule has 7 heteroatoms. The van der Waals surface area contributed by atoms with Crippen LogP contribution in [0.2, 0.25) is 0 Å². The molecular formula is C17H32O6S. The van der Waals surface area contributed by atoms with Crippen LogP contribution in [0.3, 0.4) is 0 Å². The van der Waals surface area contributed by atoms with Gasteiger partial charge in [0.05, 0.1) is 12.4 Å². The van der Waals surface area contributed by atoms with E-state index in [1.54, 1.807) is 0 Å². The first-order chi connectivity index (χ1) is 11.4. The first kappa shape index (κ1) is 23.1. The van der Waals surface area contributed by atoms with Crippen LogP contribution in [0, 0.1) is 0 Å². The van der Waals surface area contributed by atoms with Gasteiger partial charge in [-0.3, -0.25) is 9.35 Å². The van der Waals surface area contributed by atoms with E-state index in [2.05, 4.69) is 11.7 Å². The second-order valence-electron chi connectivity index (χ2n) is 6.13. The molecular weight excluding hydrogens is 332 g/mol. The van der Waals surface area contributed by atoms with Crippen LogP contribution in [0.5, 0.6) is 0 Å². The van der Waals surface area contributed by atoms with Gasteiger partial charge in [0.25, 0.3) is 10.1 Å². The van der Waals surface area contributed by atoms with E-state index in [0.29, 0.717) is 6.42 Å². The van der Waals surface area contributed by atoms with Crippen LogP contribution < -0.4 is 0 Å². The highest BCUT2D eigenvalue weighted by atomic mass is 32.2. The number of esters is 1. The van der Waals surface area contributed by atoms with E-state index >= 15 is 0 Å². The third-order valence-corrected chi connectivity index (χ3v) is 4.57. The highest BCUT2D eigenvalue weighted by Gasteiger charge is 2.15. The van der Waals surface area contributed by atoms with Gasteiger partial charge in [0.2, 0.25) is 5.78 Å². The normalized spacial score (nSPS) is 11.4. The van der Waals surface area contributed by atoms with Crippen LogP contribution in [-0.4, -0.2) is 37.1 Å². The Morgan fingerprint density at radius 1 is 0.833 bits per heavy atom. The monoisotopic (exact) mass is 364 g/mol. The highest BCUT2D eigenvalue weighted by Crippen LogP contribution is 2.11. The smallest absolute Gasteiger partial charge is 0.374 e. The molecule has 0 aliphatic heterocycles. The fourth-order valence-corrected chi connectivity index (χ4v) is 2.84. The third kappa shape index (κ3) is 15.9. The van der Waals surface area contributed by atoms with E-state index < -0.39 is 27.6 Å². The summed E-state index contributed by atoms with van der Waals surface area (Å²) < 4.78 is 34.1. The summed E-state index contributed by atoms with van der Waals surface area (Å²) in [4.78, 5) is 22.9. The molecule has 0 rings (SSSR count). The lowest BCUT2D eigenvalue weighted by Gasteiger charge is -2.04. The summed E-state index contributed by atoms with van der Waals surface area (Å²) in [7, 11) is -4.05. The summed E-state index contributed by atoms with van der Waals surface area (Å²) in [5, 5.41) is 0. The number of hydrogen-bond acceptors (Lipinski definition) is 5. The summed E-state index contributed by atoms with van der Waals surface area (Å²) >= 11 is 0. The van der Waals surface area contributed by atoms with E-state index in [4.69, 9.17) is 4.55 Å². The number of unbranched alkanes of at least 4 members (excludes halogenated alkanes) is 9. The van der Waals surface area contributed by atoms with E-state index in [9.17, 15) is 18.0 Å². The molecule has 1 N–H and O–H groups in total. The Labute approximate surface area is 146 Å². The first-order valence-electron chi connectivity index (χ1n) is 9.02. The lowest BCUT2D eigenvalue weighted by atomic mass is 10.1. The van der Waals surface area contributed by atoms with Gasteiger partial charge in [0.1, 0.15) is 0 Å². The zero-order valence-corrected chi connectivity index (χ0v) is 15.6. The number of ether oxygens (including phenoxy) is 1. The fourth-order valence-electron chi connectivity index (χ4n) is 2.36. The molecule has 0 heterocycles. The van der Waals surface area contributed by atoms with E-state index in [1.165, 1.54) is 44.9 Å². The molecule has 0 aromatic heterocycles. The van der Waals surface area contributed by atoms with Gasteiger partial charge in [-0.1, -0.05) is 64.7 Å². The Balaban J connectivity index is 3.46. The number of ketones is 1. The van der Waals surface area contributed by atoms with Crippen molar-refractivity contribution in [3.05, 3.63) is 0 Å². The zero-order chi connectivity index (χ0) is 18.3. The van der Waals surface area contributed by atoms with Crippen LogP contribution >= 0.6 is 0 Å². The molecule has 0 bridgehead atoms. The standard InChI is InChI=1S/C17H32O6S/c1-2-3-4-5-6-7-8-9-10-11-13-16(18)17(19)23-14-12-15-24(20,21)22/h2-15H2,1H3,(H,20,21,22). The molecule has 0 saturated carbocycles. The minimum Gasteiger partial charge on any atom is -0.460 e. The number of carbonyl (C=O) groups is 2. The van der Waals surface area contributed by atoms with Crippen molar-refractivity contribution in [2.24, 2.45) is 0 Å². The molecule has 0 atom stereocenters. The molecule has 0 amide bonds. The first-order valence-corrected chi connectivity index (χ1v) is 10.6. The summed E-state index contributed by atoms with van der Waals surface area (Å²) in [5.41, 5.74) is 0. The predicted molar refractivity (Wildman–Crippen MR) is 93.5 cm³/mol. The van der Waals surface area contributed by atoms with Gasteiger partial charge in [-0.25, -0.2) is 4.79 Å². The predicted octanol–water partition coefficient (Wildman–Crippen LogP) is 3.69. The Hall–Kier alpha value is -0.950. The summed E-state index contributed by atoms with van der Waals surface area (Å²) in [6.07, 6.45) is 11.7. The molecule has 0 unspecified atom stereocenters. The third-order valence-electron chi connectivity index (χ3n) is 3.76. The summed E-state index contributed by atoms with van der Waals surface area (Å²) in [6, 6.07) is 0. The van der Waals surface area contributed by atoms with Gasteiger partial charge in [0.15, 0.2) is 0 Å². The molecule has 0 aromatic carbocycles. The fraction of sp³-hybridized carbons (Fsp3) is 0.882. The number of Topliss-reactive ketones (excluding diaryl/α,β-unsaturated/α-hetero) is 1. The Kier molecular flexibility index (Phi) is 13.8. The molecule has 0 radical (unpaired) electrons. The van der Waals surface area contributed by atoms with Gasteiger partial charge in [-0.15, -0.1) is 0 Å². The minimum absolute atomic E-state index is 0.0177. The lowest BCUT2D eigenvalue weighted by molar-refractivity contribution is -0.153. The van der Waals surface area contributed by atoms with Crippen molar-refractivity contribution in [1.29, 1.82) is 0 Å². The van der Waals surface area contributed by atoms with Crippen molar-refractivity contribution in [2.45, 2.75) is 84.0 Å². The largest absolute Gasteiger partial charge is 0.460 e. The van der Waals surface area contributed by atoms with Crippen molar-refractivity contribution in [3.63, 3.8) is 0 Å². The van der Waals surface area contributed by atoms with Crippen LogP contribution in [0.1, 0.15) is 84.0 Å². The average molecular weight is 365 g/mol. The van der Waals surface area contributed by atoms with Crippen molar-refractivity contribution >= 4 is 21.9 Å². The van der Waals surface area contributed by atoms with Gasteiger partial charge in [0, 0.05) is 6.42 Å². The summed E-state index contributed by atoms with van der Waals surface area (Å²) in [6.45, 7) is 2.03. The number of rotatable bonds is 16. The highest BCUT2D eigenvalue weighted by molar-refractivity contribution is 7.85. The Morgan fingerprint density at radius 3 is 1.83 bits per heavy atom. The lowest BCUT2D eigenvalue weighted by Crippen LogP contribution is -2.19. The molecule has 6 nitrogen and oxygen atoms in total. The molecule has 142 valence electrons. The van der Waals surface area contributed by atoms with Gasteiger partial charge < -0.3 is 4.74 Å². The zero-order valence-electron chi connectivity index (χ0n) is 14.8. The van der Waals surface area contributed by atoms with Crippen molar-refractivity contribution in [2.75, 3.05) is 12.4 Å². The maximum Gasteiger partial charge on any atom is 0.374 e. The second-order valence-corrected chi connectivity index (χ2v) is 7.70. The molecule has 0 aromatic rings. The molecule has 0 saturated heterocycles. The number of carbonyl (C=O) groups excluding carboxylic acids is 2. The second kappa shape index (κ2) is 14.4. The molecule has 0 aliphatic rings. The maximum absolute atomic E-state index is 11.5. The van der Waals surface area contributed by atoms with Crippen LogP contribution in [0.4, 0.5) is 0 Å². The molecule has 0 aliphatic carbocycles. The van der Waals surface area contributed by atoms with E-state index in [0.717, 1.165) is 12.8 Å². The Morgan fingerprint density at radius 2 is 1.33 bits per heavy atom. The molecule has 0 fully saturated rings. The quantitative estimate of drug-likeness (QED) is 0.194. The van der Waals surface area contributed by atoms with E-state index in [-0.39, 0.29) is 19.4 Å². The van der Waals surface area contributed by atoms with Crippen LogP contribution in [0.25, 0.3) is 0 Å². The summed E-state index contributed by atoms with van der Waals surface area (Å²) in [5.74, 6) is -1.96. The van der Waals surface area contributed by atoms with Gasteiger partial charge in [-0.2, -0.15) is 8.42 Å². The molecule has 0 spiro atoms. The van der Waals surface area contributed by atoms with Crippen molar-refractivity contribution in [1.82, 2.24) is 0 Å². The Bertz CT molecular complexity index is 444. The van der Waals surface area contributed by atoms with Crippen molar-refractivity contribution < 1.29 is 27.3 Å². The topological polar surface area (TPSA) is 97.7 Å². The van der Waals surface area contributed by atoms with Gasteiger partial charge >= 0.3 is 5.97 Å². The van der Waals surface area contributed by atoms with E-state index in [1.807, 2.05) is 0 Å². The van der Waals surface area contributed by atoms with Crippen LogP contribution in [0.15, 0.2) is 0 Å². The SMILES string of the molecule is CCCCCCCCCCCCC(=O)C(=O)OCCCS(=O)(=O)O. The van der Waals surface area contributed by atoms with Gasteiger partial charge in [-0.05, 0) is 12.8 Å². The molecule has 24 heavy (non-hydrogen) atoms. The average Bonchev–Trinajstić information content (AvgIpc) is 2.52. The minimum atomic E-state index is -4.05.